The topological polar surface area (TPSA) is 52.6 Å². The Hall–Kier alpha value is -1.06. The smallest absolute Gasteiger partial charge is 0.308 e. The molecule has 0 aromatic heterocycles. The van der Waals surface area contributed by atoms with Crippen LogP contribution in [-0.2, 0) is 19.1 Å². The number of esters is 2. The lowest BCUT2D eigenvalue weighted by Gasteiger charge is -2.27. The van der Waals surface area contributed by atoms with E-state index in [1.54, 1.807) is 0 Å². The molecule has 1 rings (SSSR count). The number of carbonyl (C=O) groups is 2. The van der Waals surface area contributed by atoms with Crippen molar-refractivity contribution in [1.82, 2.24) is 0 Å². The summed E-state index contributed by atoms with van der Waals surface area (Å²) in [4.78, 5) is 25.2. The maximum atomic E-state index is 12.7. The second-order valence-corrected chi connectivity index (χ2v) is 10.7. The van der Waals surface area contributed by atoms with Crippen LogP contribution in [0.25, 0.3) is 0 Å². The molecule has 4 heteroatoms. The average Bonchev–Trinajstić information content (AvgIpc) is 2.85. The normalized spacial score (nSPS) is 19.0. The zero-order valence-electron chi connectivity index (χ0n) is 22.9. The molecule has 1 saturated carbocycles. The molecule has 0 N–H and O–H groups in total. The summed E-state index contributed by atoms with van der Waals surface area (Å²) in [6.07, 6.45) is 23.0. The molecule has 0 heterocycles. The molecule has 1 fully saturated rings. The molecule has 3 atom stereocenters. The third-order valence-electron chi connectivity index (χ3n) is 7.46. The zero-order valence-corrected chi connectivity index (χ0v) is 22.9. The molecule has 34 heavy (non-hydrogen) atoms. The van der Waals surface area contributed by atoms with Gasteiger partial charge in [0.2, 0.25) is 0 Å². The summed E-state index contributed by atoms with van der Waals surface area (Å²) in [5.74, 6) is 0.0125. The Bertz CT molecular complexity index is 504. The number of rotatable bonds is 21. The summed E-state index contributed by atoms with van der Waals surface area (Å²) >= 11 is 0. The van der Waals surface area contributed by atoms with Gasteiger partial charge in [-0.1, -0.05) is 111 Å². The Morgan fingerprint density at radius 1 is 0.647 bits per heavy atom. The molecule has 3 unspecified atom stereocenters. The molecule has 0 amide bonds. The lowest BCUT2D eigenvalue weighted by atomic mass is 9.81. The van der Waals surface area contributed by atoms with Crippen molar-refractivity contribution in [3.8, 4) is 0 Å². The van der Waals surface area contributed by atoms with Crippen LogP contribution in [0.3, 0.4) is 0 Å². The minimum absolute atomic E-state index is 0.0937. The first-order chi connectivity index (χ1) is 16.6. The van der Waals surface area contributed by atoms with Gasteiger partial charge in [-0.3, -0.25) is 9.59 Å². The molecule has 200 valence electrons. The van der Waals surface area contributed by atoms with E-state index >= 15 is 0 Å². The molecule has 1 aliphatic rings. The molecule has 0 saturated heterocycles. The molecule has 0 aromatic rings. The lowest BCUT2D eigenvalue weighted by Crippen LogP contribution is -2.30. The van der Waals surface area contributed by atoms with E-state index in [-0.39, 0.29) is 23.8 Å². The second-order valence-electron chi connectivity index (χ2n) is 10.7. The standard InChI is InChI=1S/C30H56O4/c1-4-7-9-10-11-12-13-14-15-17-23-33-29(31)27-21-18-22-28(24-27)30(32)34-25-26(19-6-3)20-16-8-5-2/h26-28H,4-25H2,1-3H3. The summed E-state index contributed by atoms with van der Waals surface area (Å²) in [5, 5.41) is 0. The van der Waals surface area contributed by atoms with Gasteiger partial charge in [0.25, 0.3) is 0 Å². The van der Waals surface area contributed by atoms with Crippen LogP contribution in [0.2, 0.25) is 0 Å². The molecular weight excluding hydrogens is 424 g/mol. The van der Waals surface area contributed by atoms with E-state index in [2.05, 4.69) is 20.8 Å². The molecule has 0 bridgehead atoms. The minimum atomic E-state index is -0.137. The highest BCUT2D eigenvalue weighted by Gasteiger charge is 2.33. The lowest BCUT2D eigenvalue weighted by molar-refractivity contribution is -0.156. The largest absolute Gasteiger partial charge is 0.465 e. The Labute approximate surface area is 211 Å². The van der Waals surface area contributed by atoms with Gasteiger partial charge in [0.05, 0.1) is 25.0 Å². The van der Waals surface area contributed by atoms with Gasteiger partial charge in [0.1, 0.15) is 0 Å². The Kier molecular flexibility index (Phi) is 19.3. The monoisotopic (exact) mass is 480 g/mol. The predicted molar refractivity (Wildman–Crippen MR) is 142 cm³/mol. The van der Waals surface area contributed by atoms with Crippen molar-refractivity contribution in [2.75, 3.05) is 13.2 Å². The fourth-order valence-electron chi connectivity index (χ4n) is 5.22. The highest BCUT2D eigenvalue weighted by Crippen LogP contribution is 2.31. The first-order valence-corrected chi connectivity index (χ1v) is 15.0. The van der Waals surface area contributed by atoms with Gasteiger partial charge in [-0.25, -0.2) is 0 Å². The van der Waals surface area contributed by atoms with Crippen LogP contribution in [0.1, 0.15) is 149 Å². The maximum Gasteiger partial charge on any atom is 0.308 e. The summed E-state index contributed by atoms with van der Waals surface area (Å²) in [6.45, 7) is 7.74. The van der Waals surface area contributed by atoms with Gasteiger partial charge >= 0.3 is 11.9 Å². The van der Waals surface area contributed by atoms with Gasteiger partial charge in [0, 0.05) is 0 Å². The van der Waals surface area contributed by atoms with E-state index in [0.717, 1.165) is 51.4 Å². The molecule has 1 aliphatic carbocycles. The van der Waals surface area contributed by atoms with Crippen LogP contribution in [0, 0.1) is 17.8 Å². The highest BCUT2D eigenvalue weighted by molar-refractivity contribution is 5.76. The molecular formula is C30H56O4. The van der Waals surface area contributed by atoms with E-state index in [1.807, 2.05) is 0 Å². The summed E-state index contributed by atoms with van der Waals surface area (Å²) < 4.78 is 11.3. The average molecular weight is 481 g/mol. The molecule has 0 aliphatic heterocycles. The van der Waals surface area contributed by atoms with Crippen molar-refractivity contribution in [3.05, 3.63) is 0 Å². The van der Waals surface area contributed by atoms with Gasteiger partial charge in [0.15, 0.2) is 0 Å². The molecule has 0 spiro atoms. The minimum Gasteiger partial charge on any atom is -0.465 e. The Morgan fingerprint density at radius 3 is 1.76 bits per heavy atom. The van der Waals surface area contributed by atoms with Crippen molar-refractivity contribution in [3.63, 3.8) is 0 Å². The Morgan fingerprint density at radius 2 is 1.18 bits per heavy atom. The second kappa shape index (κ2) is 21.2. The first-order valence-electron chi connectivity index (χ1n) is 15.0. The predicted octanol–water partition coefficient (Wildman–Crippen LogP) is 8.80. The van der Waals surface area contributed by atoms with Crippen molar-refractivity contribution in [1.29, 1.82) is 0 Å². The third-order valence-corrected chi connectivity index (χ3v) is 7.46. The van der Waals surface area contributed by atoms with Gasteiger partial charge < -0.3 is 9.47 Å². The van der Waals surface area contributed by atoms with Gasteiger partial charge in [-0.15, -0.1) is 0 Å². The van der Waals surface area contributed by atoms with Crippen molar-refractivity contribution >= 4 is 11.9 Å². The number of ether oxygens (including phenoxy) is 2. The van der Waals surface area contributed by atoms with Crippen molar-refractivity contribution < 1.29 is 19.1 Å². The maximum absolute atomic E-state index is 12.7. The van der Waals surface area contributed by atoms with Crippen LogP contribution in [0.15, 0.2) is 0 Å². The summed E-state index contributed by atoms with van der Waals surface area (Å²) in [5.41, 5.74) is 0. The van der Waals surface area contributed by atoms with E-state index in [1.165, 1.54) is 70.6 Å². The van der Waals surface area contributed by atoms with Crippen LogP contribution in [0.5, 0.6) is 0 Å². The third kappa shape index (κ3) is 15.0. The molecule has 0 aromatic carbocycles. The number of carbonyl (C=O) groups excluding carboxylic acids is 2. The van der Waals surface area contributed by atoms with Crippen molar-refractivity contribution in [2.45, 2.75) is 149 Å². The highest BCUT2D eigenvalue weighted by atomic mass is 16.5. The van der Waals surface area contributed by atoms with E-state index in [0.29, 0.717) is 25.6 Å². The van der Waals surface area contributed by atoms with Crippen LogP contribution in [-0.4, -0.2) is 25.2 Å². The molecule has 4 nitrogen and oxygen atoms in total. The fourth-order valence-corrected chi connectivity index (χ4v) is 5.22. The summed E-state index contributed by atoms with van der Waals surface area (Å²) in [6, 6.07) is 0. The van der Waals surface area contributed by atoms with Crippen LogP contribution in [0.4, 0.5) is 0 Å². The van der Waals surface area contributed by atoms with Crippen LogP contribution >= 0.6 is 0 Å². The summed E-state index contributed by atoms with van der Waals surface area (Å²) in [7, 11) is 0. The Balaban J connectivity index is 2.18. The van der Waals surface area contributed by atoms with Gasteiger partial charge in [-0.2, -0.15) is 0 Å². The van der Waals surface area contributed by atoms with Crippen molar-refractivity contribution in [2.24, 2.45) is 17.8 Å². The molecule has 0 radical (unpaired) electrons. The quantitative estimate of drug-likeness (QED) is 0.122. The SMILES string of the molecule is CCCCCCCCCCCCOC(=O)C1CCCC(C(=O)OCC(CCC)CCCCC)C1. The van der Waals surface area contributed by atoms with E-state index < -0.39 is 0 Å². The van der Waals surface area contributed by atoms with E-state index in [9.17, 15) is 9.59 Å². The van der Waals surface area contributed by atoms with E-state index in [4.69, 9.17) is 9.47 Å². The zero-order chi connectivity index (χ0) is 24.9. The number of hydrogen-bond donors (Lipinski definition) is 0. The van der Waals surface area contributed by atoms with Crippen LogP contribution < -0.4 is 0 Å². The number of hydrogen-bond acceptors (Lipinski definition) is 4. The fraction of sp³-hybridized carbons (Fsp3) is 0.933. The van der Waals surface area contributed by atoms with Gasteiger partial charge in [-0.05, 0) is 44.4 Å². The first kappa shape index (κ1) is 31.0. The number of unbranched alkanes of at least 4 members (excludes halogenated alkanes) is 11.